The van der Waals surface area contributed by atoms with E-state index in [2.05, 4.69) is 4.98 Å². The Morgan fingerprint density at radius 2 is 2.12 bits per heavy atom. The van der Waals surface area contributed by atoms with E-state index in [0.29, 0.717) is 13.0 Å². The monoisotopic (exact) mass is 337 g/mol. The van der Waals surface area contributed by atoms with Crippen LogP contribution in [0.4, 0.5) is 5.69 Å². The van der Waals surface area contributed by atoms with Gasteiger partial charge in [-0.15, -0.1) is 0 Å². The zero-order chi connectivity index (χ0) is 17.4. The lowest BCUT2D eigenvalue weighted by molar-refractivity contribution is -0.118. The third-order valence-corrected chi connectivity index (χ3v) is 5.32. The van der Waals surface area contributed by atoms with Gasteiger partial charge < -0.3 is 14.8 Å². The molecular weight excluding hydrogens is 314 g/mol. The molecule has 3 heterocycles. The van der Waals surface area contributed by atoms with Gasteiger partial charge >= 0.3 is 0 Å². The molecule has 130 valence electrons. The van der Waals surface area contributed by atoms with Crippen molar-refractivity contribution in [2.24, 2.45) is 0 Å². The summed E-state index contributed by atoms with van der Waals surface area (Å²) in [6, 6.07) is 9.94. The summed E-state index contributed by atoms with van der Waals surface area (Å²) in [6.07, 6.45) is 5.26. The van der Waals surface area contributed by atoms with Gasteiger partial charge in [-0.05, 0) is 55.2 Å². The normalized spacial score (nSPS) is 19.3. The first-order valence-corrected chi connectivity index (χ1v) is 9.06. The van der Waals surface area contributed by atoms with Crippen molar-refractivity contribution in [3.8, 4) is 0 Å². The Morgan fingerprint density at radius 3 is 2.88 bits per heavy atom. The van der Waals surface area contributed by atoms with E-state index >= 15 is 0 Å². The maximum Gasteiger partial charge on any atom is 0.254 e. The van der Waals surface area contributed by atoms with Crippen molar-refractivity contribution in [2.45, 2.75) is 38.6 Å². The Bertz CT molecular complexity index is 797. The first-order chi connectivity index (χ1) is 12.2. The van der Waals surface area contributed by atoms with Crippen LogP contribution in [0.2, 0.25) is 0 Å². The minimum Gasteiger partial charge on any atom is -0.363 e. The summed E-state index contributed by atoms with van der Waals surface area (Å²) < 4.78 is 0. The Hall–Kier alpha value is -2.56. The third-order valence-electron chi connectivity index (χ3n) is 5.32. The summed E-state index contributed by atoms with van der Waals surface area (Å²) in [4.78, 5) is 32.1. The molecule has 1 aromatic carbocycles. The van der Waals surface area contributed by atoms with Crippen molar-refractivity contribution in [3.05, 3.63) is 53.3 Å². The Labute approximate surface area is 147 Å². The van der Waals surface area contributed by atoms with Gasteiger partial charge in [0.1, 0.15) is 0 Å². The largest absolute Gasteiger partial charge is 0.363 e. The van der Waals surface area contributed by atoms with Crippen LogP contribution in [0.25, 0.3) is 0 Å². The number of aromatic nitrogens is 1. The molecule has 2 aromatic rings. The minimum atomic E-state index is 0.0835. The van der Waals surface area contributed by atoms with Crippen molar-refractivity contribution in [3.63, 3.8) is 0 Å². The number of H-pyrrole nitrogens is 1. The highest BCUT2D eigenvalue weighted by Gasteiger charge is 2.32. The highest BCUT2D eigenvalue weighted by atomic mass is 16.2. The Balaban J connectivity index is 1.58. The van der Waals surface area contributed by atoms with E-state index in [9.17, 15) is 9.59 Å². The molecule has 5 heteroatoms. The van der Waals surface area contributed by atoms with Crippen molar-refractivity contribution >= 4 is 17.5 Å². The fraction of sp³-hybridized carbons (Fsp3) is 0.400. The molecular formula is C20H23N3O2. The number of likely N-dealkylation sites (tertiary alicyclic amines) is 1. The molecule has 0 unspecified atom stereocenters. The molecule has 0 saturated carbocycles. The van der Waals surface area contributed by atoms with Gasteiger partial charge in [0, 0.05) is 42.7 Å². The second-order valence-electron chi connectivity index (χ2n) is 6.77. The van der Waals surface area contributed by atoms with Crippen molar-refractivity contribution in [1.82, 2.24) is 9.88 Å². The third kappa shape index (κ3) is 2.73. The fourth-order valence-electron chi connectivity index (χ4n) is 4.04. The zero-order valence-corrected chi connectivity index (χ0v) is 14.5. The summed E-state index contributed by atoms with van der Waals surface area (Å²) in [5, 5.41) is 0. The molecule has 0 spiro atoms. The minimum absolute atomic E-state index is 0.0835. The average molecular weight is 337 g/mol. The van der Waals surface area contributed by atoms with Crippen LogP contribution in [-0.4, -0.2) is 34.8 Å². The molecule has 0 aliphatic carbocycles. The summed E-state index contributed by atoms with van der Waals surface area (Å²) in [7, 11) is 0. The van der Waals surface area contributed by atoms with Crippen LogP contribution in [-0.2, 0) is 11.2 Å². The van der Waals surface area contributed by atoms with Crippen molar-refractivity contribution < 1.29 is 9.59 Å². The molecule has 1 fully saturated rings. The van der Waals surface area contributed by atoms with E-state index < -0.39 is 0 Å². The van der Waals surface area contributed by atoms with E-state index in [1.54, 1.807) is 0 Å². The molecule has 0 bridgehead atoms. The molecule has 2 amide bonds. The lowest BCUT2D eigenvalue weighted by Crippen LogP contribution is -2.31. The van der Waals surface area contributed by atoms with Gasteiger partial charge in [-0.1, -0.05) is 6.92 Å². The molecule has 2 aliphatic rings. The van der Waals surface area contributed by atoms with Gasteiger partial charge in [0.15, 0.2) is 0 Å². The quantitative estimate of drug-likeness (QED) is 0.934. The van der Waals surface area contributed by atoms with Crippen LogP contribution in [0, 0.1) is 0 Å². The Morgan fingerprint density at radius 1 is 1.24 bits per heavy atom. The first kappa shape index (κ1) is 15.9. The fourth-order valence-corrected chi connectivity index (χ4v) is 4.04. The maximum atomic E-state index is 13.1. The predicted octanol–water partition coefficient (Wildman–Crippen LogP) is 3.29. The lowest BCUT2D eigenvalue weighted by Gasteiger charge is -2.24. The molecule has 1 N–H and O–H groups in total. The van der Waals surface area contributed by atoms with Crippen molar-refractivity contribution in [2.75, 3.05) is 18.0 Å². The van der Waals surface area contributed by atoms with Crippen LogP contribution >= 0.6 is 0 Å². The van der Waals surface area contributed by atoms with Crippen LogP contribution in [0.1, 0.15) is 53.8 Å². The van der Waals surface area contributed by atoms with E-state index in [0.717, 1.165) is 48.3 Å². The molecule has 1 atom stereocenters. The summed E-state index contributed by atoms with van der Waals surface area (Å²) in [5.41, 5.74) is 3.89. The van der Waals surface area contributed by atoms with Crippen LogP contribution in [0.3, 0.4) is 0 Å². The predicted molar refractivity (Wildman–Crippen MR) is 96.6 cm³/mol. The zero-order valence-electron chi connectivity index (χ0n) is 14.5. The summed E-state index contributed by atoms with van der Waals surface area (Å²) in [5.74, 6) is 0.226. The highest BCUT2D eigenvalue weighted by molar-refractivity contribution is 5.98. The number of carbonyl (C=O) groups excluding carboxylic acids is 2. The highest BCUT2D eigenvalue weighted by Crippen LogP contribution is 2.34. The standard InChI is InChI=1S/C20H23N3O2/c1-2-19(24)22-12-9-14-13-15(7-8-17(14)22)20(25)23-11-4-6-18(23)16-5-3-10-21-16/h3,5,7-8,10,13,18,21H,2,4,6,9,11-12H2,1H3/t18-/m0/s1. The van der Waals surface area contributed by atoms with Crippen LogP contribution < -0.4 is 4.90 Å². The molecule has 2 aliphatic heterocycles. The molecule has 0 radical (unpaired) electrons. The van der Waals surface area contributed by atoms with Gasteiger partial charge in [0.2, 0.25) is 5.91 Å². The molecule has 1 saturated heterocycles. The molecule has 1 aromatic heterocycles. The number of hydrogen-bond donors (Lipinski definition) is 1. The van der Waals surface area contributed by atoms with Gasteiger partial charge in [-0.2, -0.15) is 0 Å². The van der Waals surface area contributed by atoms with Gasteiger partial charge in [0.05, 0.1) is 6.04 Å². The number of hydrogen-bond acceptors (Lipinski definition) is 2. The van der Waals surface area contributed by atoms with Gasteiger partial charge in [0.25, 0.3) is 5.91 Å². The van der Waals surface area contributed by atoms with Crippen LogP contribution in [0.15, 0.2) is 36.5 Å². The first-order valence-electron chi connectivity index (χ1n) is 9.06. The Kier molecular flexibility index (Phi) is 4.07. The van der Waals surface area contributed by atoms with E-state index in [4.69, 9.17) is 0 Å². The molecule has 5 nitrogen and oxygen atoms in total. The number of aromatic amines is 1. The van der Waals surface area contributed by atoms with E-state index in [1.165, 1.54) is 0 Å². The number of carbonyl (C=O) groups is 2. The number of fused-ring (bicyclic) bond motifs is 1. The molecule has 4 rings (SSSR count). The summed E-state index contributed by atoms with van der Waals surface area (Å²) >= 11 is 0. The van der Waals surface area contributed by atoms with E-state index in [-0.39, 0.29) is 17.9 Å². The van der Waals surface area contributed by atoms with Crippen LogP contribution in [0.5, 0.6) is 0 Å². The number of nitrogens with one attached hydrogen (secondary N) is 1. The number of amides is 2. The van der Waals surface area contributed by atoms with Gasteiger partial charge in [-0.25, -0.2) is 0 Å². The van der Waals surface area contributed by atoms with Gasteiger partial charge in [-0.3, -0.25) is 9.59 Å². The number of nitrogens with zero attached hydrogens (tertiary/aromatic N) is 2. The number of benzene rings is 1. The topological polar surface area (TPSA) is 56.4 Å². The number of anilines is 1. The smallest absolute Gasteiger partial charge is 0.254 e. The van der Waals surface area contributed by atoms with E-state index in [1.807, 2.05) is 53.3 Å². The average Bonchev–Trinajstić information content (AvgIpc) is 3.39. The molecule has 25 heavy (non-hydrogen) atoms. The number of rotatable bonds is 3. The van der Waals surface area contributed by atoms with Crippen molar-refractivity contribution in [1.29, 1.82) is 0 Å². The second kappa shape index (κ2) is 6.39. The summed E-state index contributed by atoms with van der Waals surface area (Å²) in [6.45, 7) is 3.39. The SMILES string of the molecule is CCC(=O)N1CCc2cc(C(=O)N3CCC[C@H]3c3ccc[nH]3)ccc21. The second-order valence-corrected chi connectivity index (χ2v) is 6.77. The lowest BCUT2D eigenvalue weighted by atomic mass is 10.1. The maximum absolute atomic E-state index is 13.1.